The lowest BCUT2D eigenvalue weighted by molar-refractivity contribution is -0.147. The summed E-state index contributed by atoms with van der Waals surface area (Å²) in [6, 6.07) is 17.6. The van der Waals surface area contributed by atoms with Gasteiger partial charge in [0.05, 0.1) is 18.3 Å². The van der Waals surface area contributed by atoms with Crippen molar-refractivity contribution in [1.82, 2.24) is 30.4 Å². The zero-order valence-electron chi connectivity index (χ0n) is 43.4. The molecule has 3 heterocycles. The molecule has 4 aliphatic rings. The molecule has 4 fully saturated rings. The Morgan fingerprint density at radius 1 is 0.842 bits per heavy atom. The summed E-state index contributed by atoms with van der Waals surface area (Å²) in [6.07, 6.45) is 13.2. The number of nitrogens with one attached hydrogen (secondary N) is 4. The first-order valence-electron chi connectivity index (χ1n) is 27.5. The van der Waals surface area contributed by atoms with E-state index in [1.807, 2.05) is 34.9 Å². The maximum atomic E-state index is 15.3. The molecule has 0 spiro atoms. The number of imidazole rings is 1. The van der Waals surface area contributed by atoms with Crippen molar-refractivity contribution in [2.75, 3.05) is 38.2 Å². The molecule has 7 N–H and O–H groups in total. The molecule has 1 aromatic heterocycles. The molecule has 408 valence electrons. The average Bonchev–Trinajstić information content (AvgIpc) is 4.25. The summed E-state index contributed by atoms with van der Waals surface area (Å²) in [4.78, 5) is 85.6. The summed E-state index contributed by atoms with van der Waals surface area (Å²) in [7, 11) is 0. The van der Waals surface area contributed by atoms with Gasteiger partial charge in [-0.3, -0.25) is 24.0 Å². The van der Waals surface area contributed by atoms with Crippen molar-refractivity contribution >= 4 is 41.1 Å². The first-order valence-corrected chi connectivity index (χ1v) is 27.5. The van der Waals surface area contributed by atoms with E-state index in [2.05, 4.69) is 21.3 Å². The van der Waals surface area contributed by atoms with Gasteiger partial charge in [0, 0.05) is 75.0 Å². The number of hydrogen-bond acceptors (Lipinski definition) is 9. The number of urea groups is 1. The molecule has 3 aromatic carbocycles. The molecular formula is C58H74F2N8O8. The molecule has 2 aliphatic carbocycles. The number of Topliss-reactive ketones (excluding diaryl/α,β-unsaturated/α-hetero) is 1. The van der Waals surface area contributed by atoms with Gasteiger partial charge in [-0.15, -0.1) is 0 Å². The second kappa shape index (κ2) is 27.0. The Morgan fingerprint density at radius 3 is 2.36 bits per heavy atom. The van der Waals surface area contributed by atoms with E-state index < -0.39 is 59.5 Å². The molecule has 8 rings (SSSR count). The number of likely N-dealkylation sites (tertiary alicyclic amines) is 1. The minimum Gasteiger partial charge on any atom is -0.383 e. The summed E-state index contributed by atoms with van der Waals surface area (Å²) in [5, 5.41) is 22.7. The van der Waals surface area contributed by atoms with E-state index >= 15 is 4.39 Å². The molecule has 0 radical (unpaired) electrons. The van der Waals surface area contributed by atoms with Gasteiger partial charge < -0.3 is 46.3 Å². The van der Waals surface area contributed by atoms with Gasteiger partial charge >= 0.3 is 6.03 Å². The van der Waals surface area contributed by atoms with Crippen molar-refractivity contribution < 1.29 is 47.4 Å². The molecular weight excluding hydrogens is 975 g/mol. The van der Waals surface area contributed by atoms with Crippen LogP contribution in [0.2, 0.25) is 0 Å². The molecule has 76 heavy (non-hydrogen) atoms. The number of fused-ring (bicyclic) bond motifs is 1. The number of anilines is 1. The van der Waals surface area contributed by atoms with E-state index in [-0.39, 0.29) is 66.6 Å². The molecule has 2 saturated heterocycles. The SMILES string of the molecule is NC(=O)NCCC[C@H](NC(=O)CNC(=O)CCCCCC1CCCC1)C(=O)Nc1ccc(CCC(=O)N2CC[C@@H]3CC(C(c4nc(-c5cc(F)ccc5F)cn4Cc4ccccc4)C4CCOCC4)C(=O)C(O)[C@H]32)cc1. The fourth-order valence-electron chi connectivity index (χ4n) is 12.1. The summed E-state index contributed by atoms with van der Waals surface area (Å²) < 4.78 is 37.6. The number of nitrogens with two attached hydrogens (primary N) is 1. The minimum absolute atomic E-state index is 0.0149. The van der Waals surface area contributed by atoms with Crippen LogP contribution >= 0.6 is 0 Å². The van der Waals surface area contributed by atoms with Crippen molar-refractivity contribution in [2.45, 2.75) is 140 Å². The van der Waals surface area contributed by atoms with Gasteiger partial charge in [0.25, 0.3) is 0 Å². The Bertz CT molecular complexity index is 2620. The second-order valence-corrected chi connectivity index (χ2v) is 21.3. The fraction of sp³-hybridized carbons (Fsp3) is 0.534. The third kappa shape index (κ3) is 14.9. The Labute approximate surface area is 443 Å². The van der Waals surface area contributed by atoms with Gasteiger partial charge in [-0.2, -0.15) is 0 Å². The van der Waals surface area contributed by atoms with E-state index in [1.54, 1.807) is 35.4 Å². The van der Waals surface area contributed by atoms with Crippen LogP contribution in [0.3, 0.4) is 0 Å². The molecule has 3 unspecified atom stereocenters. The zero-order valence-corrected chi connectivity index (χ0v) is 43.4. The molecule has 18 heteroatoms. The van der Waals surface area contributed by atoms with Crippen LogP contribution in [0.5, 0.6) is 0 Å². The topological polar surface area (TPSA) is 227 Å². The standard InChI is InChI=1S/C58H74F2N8O8/c59-42-20-23-46(60)44(33-42)48-36-67(35-39-13-4-1-5-14-39)56(66-48)52(40-26-30-76-31-27-40)45-32-41-25-29-68(53(41)55(73)54(45)72)51(71)24-19-38-17-21-43(22-18-38)64-57(74)47(15-9-28-62-58(61)75)65-50(70)34-63-49(69)16-6-2-3-10-37-11-7-8-12-37/h1,4-5,13-14,17-18,20-23,33,36-37,40-41,45,47,52-53,55,73H,2-3,6-12,15-16,19,24-32,34-35H2,(H,63,69)(H,64,74)(H,65,70)(H3,61,62,75)/t41-,45?,47+,52?,53+,55?/m1/s1. The number of aryl methyl sites for hydroxylation is 1. The zero-order chi connectivity index (χ0) is 53.6. The first kappa shape index (κ1) is 55.7. The Kier molecular flexibility index (Phi) is 19.8. The van der Waals surface area contributed by atoms with Crippen LogP contribution in [0.15, 0.2) is 79.0 Å². The number of aliphatic hydroxyl groups is 1. The quantitative estimate of drug-likeness (QED) is 0.0386. The number of benzene rings is 3. The van der Waals surface area contributed by atoms with Crippen LogP contribution in [-0.4, -0.2) is 106 Å². The Balaban J connectivity index is 0.868. The number of aromatic nitrogens is 2. The van der Waals surface area contributed by atoms with Crippen molar-refractivity contribution in [3.63, 3.8) is 0 Å². The van der Waals surface area contributed by atoms with Gasteiger partial charge in [0.1, 0.15) is 29.6 Å². The average molecular weight is 1050 g/mol. The number of nitrogens with zero attached hydrogens (tertiary/aromatic N) is 3. The second-order valence-electron chi connectivity index (χ2n) is 21.3. The normalized spacial score (nSPS) is 20.7. The third-order valence-electron chi connectivity index (χ3n) is 16.1. The summed E-state index contributed by atoms with van der Waals surface area (Å²) in [5.41, 5.74) is 7.70. The lowest BCUT2D eigenvalue weighted by atomic mass is 9.66. The predicted octanol–water partition coefficient (Wildman–Crippen LogP) is 7.32. The molecule has 0 bridgehead atoms. The van der Waals surface area contributed by atoms with Crippen LogP contribution in [0.1, 0.15) is 126 Å². The monoisotopic (exact) mass is 1050 g/mol. The largest absolute Gasteiger partial charge is 0.383 e. The number of carbonyl (C=O) groups excluding carboxylic acids is 6. The number of carbonyl (C=O) groups is 6. The van der Waals surface area contributed by atoms with Gasteiger partial charge in [-0.25, -0.2) is 18.6 Å². The predicted molar refractivity (Wildman–Crippen MR) is 282 cm³/mol. The highest BCUT2D eigenvalue weighted by Gasteiger charge is 2.53. The number of primary amides is 1. The summed E-state index contributed by atoms with van der Waals surface area (Å²) in [6.45, 7) is 1.65. The third-order valence-corrected chi connectivity index (χ3v) is 16.1. The smallest absolute Gasteiger partial charge is 0.312 e. The Morgan fingerprint density at radius 2 is 1.61 bits per heavy atom. The number of aliphatic hydroxyl groups excluding tert-OH is 1. The molecule has 2 aliphatic heterocycles. The molecule has 6 atom stereocenters. The number of rotatable bonds is 24. The van der Waals surface area contributed by atoms with Crippen molar-refractivity contribution in [3.8, 4) is 11.3 Å². The van der Waals surface area contributed by atoms with Gasteiger partial charge in [-0.1, -0.05) is 87.4 Å². The maximum Gasteiger partial charge on any atom is 0.312 e. The highest BCUT2D eigenvalue weighted by molar-refractivity contribution is 5.98. The van der Waals surface area contributed by atoms with Crippen molar-refractivity contribution in [1.29, 1.82) is 0 Å². The fourth-order valence-corrected chi connectivity index (χ4v) is 12.1. The lowest BCUT2D eigenvalue weighted by Gasteiger charge is -2.43. The van der Waals surface area contributed by atoms with Crippen LogP contribution in [0, 0.1) is 35.3 Å². The van der Waals surface area contributed by atoms with Gasteiger partial charge in [0.15, 0.2) is 5.78 Å². The van der Waals surface area contributed by atoms with Crippen molar-refractivity contribution in [3.05, 3.63) is 108 Å². The van der Waals surface area contributed by atoms with E-state index in [0.717, 1.165) is 54.5 Å². The van der Waals surface area contributed by atoms with E-state index in [9.17, 15) is 38.3 Å². The van der Waals surface area contributed by atoms with Gasteiger partial charge in [0.2, 0.25) is 23.6 Å². The van der Waals surface area contributed by atoms with Crippen LogP contribution < -0.4 is 27.0 Å². The molecule has 16 nitrogen and oxygen atoms in total. The number of hydrogen-bond donors (Lipinski definition) is 6. The summed E-state index contributed by atoms with van der Waals surface area (Å²) >= 11 is 0. The number of unbranched alkanes of at least 4 members (excludes halogenated alkanes) is 2. The van der Waals surface area contributed by atoms with E-state index in [0.29, 0.717) is 82.8 Å². The Hall–Kier alpha value is -6.53. The number of halogens is 2. The lowest BCUT2D eigenvalue weighted by Crippen LogP contribution is -2.55. The van der Waals surface area contributed by atoms with E-state index in [4.69, 9.17) is 15.5 Å². The highest BCUT2D eigenvalue weighted by Crippen LogP contribution is 2.48. The van der Waals surface area contributed by atoms with Crippen LogP contribution in [0.25, 0.3) is 11.3 Å². The van der Waals surface area contributed by atoms with Crippen molar-refractivity contribution in [2.24, 2.45) is 29.4 Å². The number of amides is 6. The highest BCUT2D eigenvalue weighted by atomic mass is 19.1. The maximum absolute atomic E-state index is 15.3. The number of ether oxygens (including phenoxy) is 1. The van der Waals surface area contributed by atoms with Gasteiger partial charge in [-0.05, 0) is 111 Å². The molecule has 4 aromatic rings. The first-order chi connectivity index (χ1) is 36.8. The van der Waals surface area contributed by atoms with Crippen LogP contribution in [0.4, 0.5) is 19.3 Å². The molecule has 6 amide bonds. The number of ketones is 1. The summed E-state index contributed by atoms with van der Waals surface area (Å²) in [5.74, 6) is -2.95. The van der Waals surface area contributed by atoms with E-state index in [1.165, 1.54) is 32.1 Å². The minimum atomic E-state index is -1.43. The van der Waals surface area contributed by atoms with Crippen LogP contribution in [-0.2, 0) is 41.7 Å². The molecule has 2 saturated carbocycles.